The Kier molecular flexibility index (Phi) is 5.61. The smallest absolute Gasteiger partial charge is 0.0651 e. The van der Waals surface area contributed by atoms with Gasteiger partial charge in [-0.1, -0.05) is 20.3 Å². The Balaban J connectivity index is 2.44. The van der Waals surface area contributed by atoms with Crippen LogP contribution in [0.15, 0.2) is 11.0 Å². The largest absolute Gasteiger partial charge is 0.127 e. The quantitative estimate of drug-likeness (QED) is 0.589. The van der Waals surface area contributed by atoms with Gasteiger partial charge in [0.2, 0.25) is 0 Å². The van der Waals surface area contributed by atoms with E-state index in [1.165, 1.54) is 50.0 Å². The fraction of sp³-hybridized carbons (Fsp3) is 0.833. The lowest BCUT2D eigenvalue weighted by atomic mass is 10.2. The molecule has 1 fully saturated rings. The van der Waals surface area contributed by atoms with E-state index in [1.54, 1.807) is 0 Å². The molecule has 0 N–H and O–H groups in total. The summed E-state index contributed by atoms with van der Waals surface area (Å²) in [4.78, 5) is 1.81. The van der Waals surface area contributed by atoms with Crippen molar-refractivity contribution in [2.24, 2.45) is 0 Å². The van der Waals surface area contributed by atoms with Crippen LogP contribution in [0.25, 0.3) is 0 Å². The summed E-state index contributed by atoms with van der Waals surface area (Å²) < 4.78 is 0. The van der Waals surface area contributed by atoms with Crippen molar-refractivity contribution in [2.45, 2.75) is 52.4 Å². The molecule has 1 saturated heterocycles. The molecule has 0 aromatic heterocycles. The lowest BCUT2D eigenvalue weighted by Gasteiger charge is -2.04. The van der Waals surface area contributed by atoms with Gasteiger partial charge in [-0.3, -0.25) is 0 Å². The molecule has 0 spiro atoms. The van der Waals surface area contributed by atoms with Gasteiger partial charge >= 0.3 is 0 Å². The first-order chi connectivity index (χ1) is 6.38. The zero-order valence-electron chi connectivity index (χ0n) is 9.14. The van der Waals surface area contributed by atoms with Crippen LogP contribution in [0.3, 0.4) is 0 Å². The van der Waals surface area contributed by atoms with Gasteiger partial charge in [0.05, 0.1) is 0 Å². The summed E-state index contributed by atoms with van der Waals surface area (Å²) in [5.41, 5.74) is 0. The van der Waals surface area contributed by atoms with Gasteiger partial charge in [0.25, 0.3) is 0 Å². The van der Waals surface area contributed by atoms with Crippen molar-refractivity contribution < 1.29 is 0 Å². The summed E-state index contributed by atoms with van der Waals surface area (Å²) in [6.07, 6.45) is 10.8. The van der Waals surface area contributed by atoms with Gasteiger partial charge in [-0.2, -0.15) is 0 Å². The molecule has 0 atom stereocenters. The Labute approximate surface area is 86.1 Å². The molecule has 0 aliphatic carbocycles. The zero-order valence-corrected chi connectivity index (χ0v) is 9.96. The van der Waals surface area contributed by atoms with Crippen molar-refractivity contribution in [2.75, 3.05) is 11.5 Å². The minimum Gasteiger partial charge on any atom is -0.0651 e. The highest BCUT2D eigenvalue weighted by Crippen LogP contribution is 2.25. The van der Waals surface area contributed by atoms with Gasteiger partial charge < -0.3 is 0 Å². The van der Waals surface area contributed by atoms with E-state index in [2.05, 4.69) is 19.9 Å². The minimum atomic E-state index is 0.695. The van der Waals surface area contributed by atoms with Crippen LogP contribution in [0.1, 0.15) is 52.4 Å². The molecule has 76 valence electrons. The Morgan fingerprint density at radius 3 is 2.38 bits per heavy atom. The van der Waals surface area contributed by atoms with Crippen molar-refractivity contribution in [3.8, 4) is 0 Å². The first-order valence-corrected chi connectivity index (χ1v) is 7.31. The fourth-order valence-electron chi connectivity index (χ4n) is 1.83. The van der Waals surface area contributed by atoms with Crippen LogP contribution >= 0.6 is 0 Å². The van der Waals surface area contributed by atoms with Crippen LogP contribution in [0.2, 0.25) is 0 Å². The topological polar surface area (TPSA) is 0 Å². The van der Waals surface area contributed by atoms with E-state index >= 15 is 0 Å². The van der Waals surface area contributed by atoms with Crippen LogP contribution in [-0.2, 0) is 10.9 Å². The highest BCUT2D eigenvalue weighted by Gasteiger charge is 2.27. The molecule has 1 heterocycles. The maximum atomic E-state index is 2.54. The van der Waals surface area contributed by atoms with E-state index in [1.807, 2.05) is 4.91 Å². The second-order valence-corrected chi connectivity index (χ2v) is 6.14. The molecule has 1 aliphatic heterocycles. The summed E-state index contributed by atoms with van der Waals surface area (Å²) >= 11 is 0. The van der Waals surface area contributed by atoms with E-state index in [0.717, 1.165) is 0 Å². The Hall–Kier alpha value is 0.0900. The third-order valence-corrected chi connectivity index (χ3v) is 5.23. The van der Waals surface area contributed by atoms with E-state index < -0.39 is 0 Å². The lowest BCUT2D eigenvalue weighted by Crippen LogP contribution is -2.06. The van der Waals surface area contributed by atoms with Crippen molar-refractivity contribution in [1.82, 2.24) is 0 Å². The fourth-order valence-corrected chi connectivity index (χ4v) is 4.51. The first-order valence-electron chi connectivity index (χ1n) is 5.75. The second-order valence-electron chi connectivity index (χ2n) is 3.82. The molecule has 1 aliphatic rings. The van der Waals surface area contributed by atoms with Crippen molar-refractivity contribution in [3.63, 3.8) is 0 Å². The van der Waals surface area contributed by atoms with Crippen molar-refractivity contribution in [3.05, 3.63) is 11.0 Å². The molecule has 1 rings (SSSR count). The Morgan fingerprint density at radius 2 is 1.85 bits per heavy atom. The highest BCUT2D eigenvalue weighted by molar-refractivity contribution is 8.00. The van der Waals surface area contributed by atoms with Crippen LogP contribution < -0.4 is 0 Å². The van der Waals surface area contributed by atoms with E-state index in [9.17, 15) is 0 Å². The molecule has 0 aromatic rings. The molecule has 13 heavy (non-hydrogen) atoms. The zero-order chi connectivity index (χ0) is 9.52. The SMILES string of the molecule is CCC/C=C(/CCC)[S+]1CCCC1. The second kappa shape index (κ2) is 6.53. The van der Waals surface area contributed by atoms with Crippen LogP contribution in [-0.4, -0.2) is 11.5 Å². The Morgan fingerprint density at radius 1 is 1.15 bits per heavy atom. The molecule has 0 amide bonds. The van der Waals surface area contributed by atoms with Crippen LogP contribution in [0, 0.1) is 0 Å². The van der Waals surface area contributed by atoms with Gasteiger partial charge in [0.1, 0.15) is 16.4 Å². The summed E-state index contributed by atoms with van der Waals surface area (Å²) in [5, 5.41) is 0. The molecule has 0 unspecified atom stereocenters. The number of hydrogen-bond acceptors (Lipinski definition) is 0. The molecule has 0 saturated carbocycles. The molecule has 1 heteroatoms. The van der Waals surface area contributed by atoms with Crippen molar-refractivity contribution in [1.29, 1.82) is 0 Å². The normalized spacial score (nSPS) is 19.7. The summed E-state index contributed by atoms with van der Waals surface area (Å²) in [5.74, 6) is 2.99. The monoisotopic (exact) mass is 199 g/mol. The average molecular weight is 199 g/mol. The molecular weight excluding hydrogens is 176 g/mol. The average Bonchev–Trinajstić information content (AvgIpc) is 2.65. The Bertz CT molecular complexity index is 155. The highest BCUT2D eigenvalue weighted by atomic mass is 32.2. The van der Waals surface area contributed by atoms with Gasteiger partial charge in [0.15, 0.2) is 0 Å². The van der Waals surface area contributed by atoms with Crippen LogP contribution in [0.4, 0.5) is 0 Å². The number of hydrogen-bond donors (Lipinski definition) is 0. The lowest BCUT2D eigenvalue weighted by molar-refractivity contribution is 0.910. The van der Waals surface area contributed by atoms with Gasteiger partial charge in [0, 0.05) is 17.3 Å². The van der Waals surface area contributed by atoms with E-state index in [-0.39, 0.29) is 0 Å². The standard InChI is InChI=1S/C12H23S/c1-3-5-9-12(8-4-2)13-10-6-7-11-13/h9H,3-8,10-11H2,1-2H3/q+1/b12-9-. The minimum absolute atomic E-state index is 0.695. The third-order valence-electron chi connectivity index (χ3n) is 2.56. The molecule has 0 radical (unpaired) electrons. The maximum Gasteiger partial charge on any atom is 0.127 e. The maximum absolute atomic E-state index is 2.54. The molecule has 0 nitrogen and oxygen atoms in total. The number of rotatable bonds is 5. The molecule has 0 aromatic carbocycles. The molecular formula is C12H23S+. The van der Waals surface area contributed by atoms with Gasteiger partial charge in [-0.15, -0.1) is 0 Å². The molecule has 0 bridgehead atoms. The van der Waals surface area contributed by atoms with Crippen molar-refractivity contribution >= 4 is 10.9 Å². The predicted molar refractivity (Wildman–Crippen MR) is 64.2 cm³/mol. The summed E-state index contributed by atoms with van der Waals surface area (Å²) in [6.45, 7) is 4.58. The van der Waals surface area contributed by atoms with Crippen LogP contribution in [0.5, 0.6) is 0 Å². The first kappa shape index (κ1) is 11.2. The summed E-state index contributed by atoms with van der Waals surface area (Å²) in [7, 11) is 0.695. The summed E-state index contributed by atoms with van der Waals surface area (Å²) in [6, 6.07) is 0. The number of allylic oxidation sites excluding steroid dienone is 2. The predicted octanol–water partition coefficient (Wildman–Crippen LogP) is 3.88. The van der Waals surface area contributed by atoms with Gasteiger partial charge in [-0.25, -0.2) is 0 Å². The van der Waals surface area contributed by atoms with E-state index in [0.29, 0.717) is 10.9 Å². The number of unbranched alkanes of at least 4 members (excludes halogenated alkanes) is 1. The van der Waals surface area contributed by atoms with Gasteiger partial charge in [-0.05, 0) is 31.8 Å². The van der Waals surface area contributed by atoms with E-state index in [4.69, 9.17) is 0 Å². The third kappa shape index (κ3) is 3.76.